The number of aromatic nitrogens is 1. The van der Waals surface area contributed by atoms with E-state index in [0.717, 1.165) is 30.9 Å². The minimum atomic E-state index is 0.369. The number of likely N-dealkylation sites (tertiary alicyclic amines) is 1. The third-order valence-electron chi connectivity index (χ3n) is 5.58. The summed E-state index contributed by atoms with van der Waals surface area (Å²) in [5, 5.41) is 1.31. The minimum Gasteiger partial charge on any atom is -0.305 e. The van der Waals surface area contributed by atoms with Gasteiger partial charge in [0, 0.05) is 31.3 Å². The summed E-state index contributed by atoms with van der Waals surface area (Å²) in [5.41, 5.74) is 4.07. The second kappa shape index (κ2) is 6.48. The van der Waals surface area contributed by atoms with E-state index in [4.69, 9.17) is 9.98 Å². The van der Waals surface area contributed by atoms with Gasteiger partial charge in [0.15, 0.2) is 0 Å². The number of nitrogens with zero attached hydrogens (tertiary/aromatic N) is 3. The molecule has 2 aromatic rings. The molecule has 0 bridgehead atoms. The summed E-state index contributed by atoms with van der Waals surface area (Å²) in [4.78, 5) is 12.3. The molecular weight excluding hydrogens is 326 g/mol. The van der Waals surface area contributed by atoms with E-state index in [9.17, 15) is 0 Å². The highest BCUT2D eigenvalue weighted by Gasteiger charge is 2.33. The molecule has 1 fully saturated rings. The fraction of sp³-hybridized carbons (Fsp3) is 0.619. The Morgan fingerprint density at radius 3 is 2.84 bits per heavy atom. The molecular formula is C21H29N3S. The summed E-state index contributed by atoms with van der Waals surface area (Å²) in [6.07, 6.45) is 3.59. The second-order valence-electron chi connectivity index (χ2n) is 8.93. The first-order chi connectivity index (χ1) is 11.9. The van der Waals surface area contributed by atoms with Crippen LogP contribution < -0.4 is 0 Å². The van der Waals surface area contributed by atoms with Gasteiger partial charge < -0.3 is 4.90 Å². The van der Waals surface area contributed by atoms with Crippen molar-refractivity contribution in [3.63, 3.8) is 0 Å². The van der Waals surface area contributed by atoms with Gasteiger partial charge in [0.25, 0.3) is 0 Å². The van der Waals surface area contributed by atoms with Crippen LogP contribution in [0.1, 0.15) is 56.5 Å². The van der Waals surface area contributed by atoms with Crippen molar-refractivity contribution in [3.8, 4) is 0 Å². The first-order valence-electron chi connectivity index (χ1n) is 9.52. The Morgan fingerprint density at radius 1 is 1.28 bits per heavy atom. The summed E-state index contributed by atoms with van der Waals surface area (Å²) >= 11 is 1.88. The fourth-order valence-corrected chi connectivity index (χ4v) is 5.53. The number of thiazole rings is 1. The maximum atomic E-state index is 5.04. The number of hydrogen-bond acceptors (Lipinski definition) is 4. The first kappa shape index (κ1) is 17.2. The molecule has 0 saturated carbocycles. The Hall–Kier alpha value is -1.26. The second-order valence-corrected chi connectivity index (χ2v) is 9.99. The van der Waals surface area contributed by atoms with Crippen LogP contribution in [-0.2, 0) is 0 Å². The molecule has 2 aliphatic heterocycles. The normalized spacial score (nSPS) is 27.4. The molecule has 2 aliphatic rings. The quantitative estimate of drug-likeness (QED) is 0.761. The lowest BCUT2D eigenvalue weighted by Crippen LogP contribution is -2.41. The third-order valence-corrected chi connectivity index (χ3v) is 6.78. The van der Waals surface area contributed by atoms with Crippen molar-refractivity contribution in [1.82, 2.24) is 9.88 Å². The van der Waals surface area contributed by atoms with Crippen LogP contribution in [-0.4, -0.2) is 42.3 Å². The summed E-state index contributed by atoms with van der Waals surface area (Å²) in [5.74, 6) is 1.28. The number of likely N-dealkylation sites (N-methyl/N-ethyl adjacent to an activating group) is 1. The SMILES string of the molecule is C[C@H]1CCC(c2ccc3sc(C4CN(C)CC(C)(C)C4)nc3c2)=NC1. The van der Waals surface area contributed by atoms with Gasteiger partial charge in [-0.1, -0.05) is 26.8 Å². The van der Waals surface area contributed by atoms with Crippen molar-refractivity contribution < 1.29 is 0 Å². The van der Waals surface area contributed by atoms with E-state index in [1.54, 1.807) is 0 Å². The molecule has 1 aromatic heterocycles. The average Bonchev–Trinajstić information content (AvgIpc) is 2.97. The van der Waals surface area contributed by atoms with Crippen LogP contribution in [0.25, 0.3) is 10.2 Å². The minimum absolute atomic E-state index is 0.369. The molecule has 1 unspecified atom stereocenters. The zero-order valence-electron chi connectivity index (χ0n) is 15.9. The number of benzene rings is 1. The van der Waals surface area contributed by atoms with E-state index in [-0.39, 0.29) is 0 Å². The fourth-order valence-electron chi connectivity index (χ4n) is 4.49. The zero-order chi connectivity index (χ0) is 17.6. The maximum Gasteiger partial charge on any atom is 0.0982 e. The number of hydrogen-bond donors (Lipinski definition) is 0. The number of fused-ring (bicyclic) bond motifs is 1. The van der Waals surface area contributed by atoms with Crippen molar-refractivity contribution in [2.75, 3.05) is 26.7 Å². The third kappa shape index (κ3) is 3.65. The van der Waals surface area contributed by atoms with Gasteiger partial charge >= 0.3 is 0 Å². The summed E-state index contributed by atoms with van der Waals surface area (Å²) < 4.78 is 1.31. The molecule has 0 spiro atoms. The molecule has 0 N–H and O–H groups in total. The van der Waals surface area contributed by atoms with Crippen LogP contribution in [0.2, 0.25) is 0 Å². The lowest BCUT2D eigenvalue weighted by Gasteiger charge is -2.40. The highest BCUT2D eigenvalue weighted by Crippen LogP contribution is 2.39. The van der Waals surface area contributed by atoms with Crippen LogP contribution in [0, 0.1) is 11.3 Å². The molecule has 0 radical (unpaired) electrons. The number of rotatable bonds is 2. The van der Waals surface area contributed by atoms with Gasteiger partial charge in [-0.3, -0.25) is 4.99 Å². The monoisotopic (exact) mass is 355 g/mol. The Balaban J connectivity index is 1.62. The Kier molecular flexibility index (Phi) is 4.45. The Bertz CT molecular complexity index is 805. The molecule has 2 atom stereocenters. The zero-order valence-corrected chi connectivity index (χ0v) is 16.7. The maximum absolute atomic E-state index is 5.04. The van der Waals surface area contributed by atoms with Crippen molar-refractivity contribution in [3.05, 3.63) is 28.8 Å². The van der Waals surface area contributed by atoms with Crippen LogP contribution >= 0.6 is 11.3 Å². The van der Waals surface area contributed by atoms with Gasteiger partial charge in [0.05, 0.1) is 15.2 Å². The van der Waals surface area contributed by atoms with Crippen molar-refractivity contribution >= 4 is 27.3 Å². The van der Waals surface area contributed by atoms with Gasteiger partial charge in [-0.25, -0.2) is 4.98 Å². The van der Waals surface area contributed by atoms with Crippen LogP contribution in [0.4, 0.5) is 0 Å². The molecule has 1 saturated heterocycles. The highest BCUT2D eigenvalue weighted by molar-refractivity contribution is 7.18. The van der Waals surface area contributed by atoms with Crippen molar-refractivity contribution in [1.29, 1.82) is 0 Å². The number of piperidine rings is 1. The molecule has 25 heavy (non-hydrogen) atoms. The van der Waals surface area contributed by atoms with Gasteiger partial charge in [0.1, 0.15) is 0 Å². The lowest BCUT2D eigenvalue weighted by atomic mass is 9.79. The van der Waals surface area contributed by atoms with Gasteiger partial charge in [-0.15, -0.1) is 11.3 Å². The van der Waals surface area contributed by atoms with Crippen LogP contribution in [0.5, 0.6) is 0 Å². The molecule has 4 heteroatoms. The van der Waals surface area contributed by atoms with E-state index in [0.29, 0.717) is 11.3 Å². The van der Waals surface area contributed by atoms with Crippen molar-refractivity contribution in [2.24, 2.45) is 16.3 Å². The molecule has 3 nitrogen and oxygen atoms in total. The smallest absolute Gasteiger partial charge is 0.0982 e. The Labute approximate surface area is 155 Å². The van der Waals surface area contributed by atoms with Crippen LogP contribution in [0.3, 0.4) is 0 Å². The molecule has 0 amide bonds. The standard InChI is InChI=1S/C21H29N3S/c1-14-5-7-17(22-11-14)15-6-8-19-18(9-15)23-20(25-19)16-10-21(2,3)13-24(4)12-16/h6,8-9,14,16H,5,7,10-13H2,1-4H3/t14-,16?/m0/s1. The van der Waals surface area contributed by atoms with Gasteiger partial charge in [0.2, 0.25) is 0 Å². The van der Waals surface area contributed by atoms with E-state index in [1.807, 2.05) is 11.3 Å². The molecule has 4 rings (SSSR count). The summed E-state index contributed by atoms with van der Waals surface area (Å²) in [6.45, 7) is 10.3. The van der Waals surface area contributed by atoms with E-state index < -0.39 is 0 Å². The number of aliphatic imine (C=N–C) groups is 1. The lowest BCUT2D eigenvalue weighted by molar-refractivity contribution is 0.123. The van der Waals surface area contributed by atoms with E-state index in [1.165, 1.54) is 40.4 Å². The molecule has 0 aliphatic carbocycles. The van der Waals surface area contributed by atoms with E-state index >= 15 is 0 Å². The Morgan fingerprint density at radius 2 is 2.12 bits per heavy atom. The van der Waals surface area contributed by atoms with Crippen LogP contribution in [0.15, 0.2) is 23.2 Å². The average molecular weight is 356 g/mol. The predicted octanol–water partition coefficient (Wildman–Crippen LogP) is 4.96. The largest absolute Gasteiger partial charge is 0.305 e. The molecule has 134 valence electrons. The summed E-state index contributed by atoms with van der Waals surface area (Å²) in [7, 11) is 2.24. The van der Waals surface area contributed by atoms with E-state index in [2.05, 4.69) is 50.9 Å². The summed E-state index contributed by atoms with van der Waals surface area (Å²) in [6, 6.07) is 6.77. The topological polar surface area (TPSA) is 28.5 Å². The van der Waals surface area contributed by atoms with Crippen molar-refractivity contribution in [2.45, 2.75) is 46.0 Å². The highest BCUT2D eigenvalue weighted by atomic mass is 32.1. The van der Waals surface area contributed by atoms with Gasteiger partial charge in [-0.2, -0.15) is 0 Å². The predicted molar refractivity (Wildman–Crippen MR) is 108 cm³/mol. The first-order valence-corrected chi connectivity index (χ1v) is 10.3. The van der Waals surface area contributed by atoms with Gasteiger partial charge in [-0.05, 0) is 55.3 Å². The molecule has 3 heterocycles. The molecule has 1 aromatic carbocycles.